The summed E-state index contributed by atoms with van der Waals surface area (Å²) in [6.45, 7) is 1.59. The van der Waals surface area contributed by atoms with Crippen molar-refractivity contribution in [1.82, 2.24) is 4.98 Å². The Morgan fingerprint density at radius 2 is 2.22 bits per heavy atom. The largest absolute Gasteiger partial charge is 0.505 e. The van der Waals surface area contributed by atoms with Crippen molar-refractivity contribution >= 4 is 0 Å². The summed E-state index contributed by atoms with van der Waals surface area (Å²) in [5.74, 6) is -0.986. The average Bonchev–Trinajstić information content (AvgIpc) is 1.83. The van der Waals surface area contributed by atoms with Crippen LogP contribution in [0.2, 0.25) is 0 Å². The fourth-order valence-electron chi connectivity index (χ4n) is 0.525. The molecule has 0 aliphatic carbocycles. The number of aromatic nitrogens is 1. The standard InChI is InChI=1S/C6H6FNO/c1-4-2-8-3-5(7)6(4)9/h2-3H,1H3,(H,8,9). The molecule has 3 heteroatoms. The first-order valence-electron chi connectivity index (χ1n) is 2.51. The Morgan fingerprint density at radius 3 is 2.67 bits per heavy atom. The van der Waals surface area contributed by atoms with E-state index in [1.165, 1.54) is 6.20 Å². The summed E-state index contributed by atoms with van der Waals surface area (Å²) >= 11 is 0. The lowest BCUT2D eigenvalue weighted by atomic mass is 10.3. The van der Waals surface area contributed by atoms with Crippen LogP contribution in [0.15, 0.2) is 12.4 Å². The number of rotatable bonds is 0. The Bertz CT molecular complexity index is 204. The highest BCUT2D eigenvalue weighted by molar-refractivity contribution is 5.28. The van der Waals surface area contributed by atoms with Crippen molar-refractivity contribution in [3.63, 3.8) is 0 Å². The highest BCUT2D eigenvalue weighted by atomic mass is 19.1. The van der Waals surface area contributed by atoms with Crippen molar-refractivity contribution in [1.29, 1.82) is 0 Å². The predicted molar refractivity (Wildman–Crippen MR) is 30.6 cm³/mol. The molecule has 0 atom stereocenters. The summed E-state index contributed by atoms with van der Waals surface area (Å²) in [4.78, 5) is 3.51. The minimum atomic E-state index is -0.671. The molecule has 2 nitrogen and oxygen atoms in total. The Labute approximate surface area is 52.0 Å². The van der Waals surface area contributed by atoms with Gasteiger partial charge in [-0.3, -0.25) is 4.98 Å². The van der Waals surface area contributed by atoms with E-state index >= 15 is 0 Å². The Kier molecular flexibility index (Phi) is 1.34. The Balaban J connectivity index is 3.25. The van der Waals surface area contributed by atoms with Gasteiger partial charge in [0.15, 0.2) is 11.6 Å². The van der Waals surface area contributed by atoms with Crippen molar-refractivity contribution in [2.24, 2.45) is 0 Å². The maximum atomic E-state index is 12.3. The van der Waals surface area contributed by atoms with Gasteiger partial charge in [-0.1, -0.05) is 0 Å². The smallest absolute Gasteiger partial charge is 0.183 e. The second-order valence-corrected chi connectivity index (χ2v) is 1.79. The van der Waals surface area contributed by atoms with Gasteiger partial charge in [0, 0.05) is 11.8 Å². The zero-order chi connectivity index (χ0) is 6.85. The zero-order valence-corrected chi connectivity index (χ0v) is 4.93. The van der Waals surface area contributed by atoms with E-state index in [4.69, 9.17) is 5.11 Å². The summed E-state index contributed by atoms with van der Waals surface area (Å²) in [5.41, 5.74) is 0.454. The fraction of sp³-hybridized carbons (Fsp3) is 0.167. The molecule has 0 saturated carbocycles. The third-order valence-corrected chi connectivity index (χ3v) is 1.06. The Morgan fingerprint density at radius 1 is 1.56 bits per heavy atom. The highest BCUT2D eigenvalue weighted by Gasteiger charge is 2.00. The second-order valence-electron chi connectivity index (χ2n) is 1.79. The van der Waals surface area contributed by atoms with E-state index < -0.39 is 5.82 Å². The highest BCUT2D eigenvalue weighted by Crippen LogP contribution is 2.16. The minimum Gasteiger partial charge on any atom is -0.505 e. The first-order valence-corrected chi connectivity index (χ1v) is 2.51. The molecule has 1 rings (SSSR count). The molecular formula is C6H6FNO. The van der Waals surface area contributed by atoms with E-state index in [0.29, 0.717) is 5.56 Å². The van der Waals surface area contributed by atoms with Crippen LogP contribution in [0, 0.1) is 12.7 Å². The van der Waals surface area contributed by atoms with Gasteiger partial charge < -0.3 is 5.11 Å². The van der Waals surface area contributed by atoms with E-state index in [1.807, 2.05) is 0 Å². The minimum absolute atomic E-state index is 0.315. The van der Waals surface area contributed by atoms with Crippen molar-refractivity contribution in [3.8, 4) is 5.75 Å². The number of halogens is 1. The van der Waals surface area contributed by atoms with Crippen LogP contribution in [0.25, 0.3) is 0 Å². The van der Waals surface area contributed by atoms with Gasteiger partial charge in [-0.25, -0.2) is 4.39 Å². The molecule has 48 valence electrons. The van der Waals surface area contributed by atoms with E-state index in [1.54, 1.807) is 6.92 Å². The number of nitrogens with zero attached hydrogens (tertiary/aromatic N) is 1. The predicted octanol–water partition coefficient (Wildman–Crippen LogP) is 1.23. The molecular weight excluding hydrogens is 121 g/mol. The molecule has 0 fully saturated rings. The second kappa shape index (κ2) is 2.01. The van der Waals surface area contributed by atoms with Gasteiger partial charge >= 0.3 is 0 Å². The van der Waals surface area contributed by atoms with Crippen LogP contribution in [0.5, 0.6) is 5.75 Å². The summed E-state index contributed by atoms with van der Waals surface area (Å²) in [7, 11) is 0. The topological polar surface area (TPSA) is 33.1 Å². The first-order chi connectivity index (χ1) is 4.22. The maximum Gasteiger partial charge on any atom is 0.183 e. The molecule has 0 radical (unpaired) electrons. The van der Waals surface area contributed by atoms with Crippen molar-refractivity contribution in [2.45, 2.75) is 6.92 Å². The lowest BCUT2D eigenvalue weighted by molar-refractivity contribution is 0.426. The van der Waals surface area contributed by atoms with Crippen LogP contribution in [0.1, 0.15) is 5.56 Å². The number of aryl methyl sites for hydroxylation is 1. The van der Waals surface area contributed by atoms with E-state index in [9.17, 15) is 4.39 Å². The molecule has 1 aromatic heterocycles. The lowest BCUT2D eigenvalue weighted by Crippen LogP contribution is -1.82. The first kappa shape index (κ1) is 6.01. The molecule has 1 heterocycles. The molecule has 0 bridgehead atoms. The van der Waals surface area contributed by atoms with Crippen LogP contribution in [0.3, 0.4) is 0 Å². The van der Waals surface area contributed by atoms with E-state index in [0.717, 1.165) is 6.20 Å². The average molecular weight is 127 g/mol. The van der Waals surface area contributed by atoms with Crippen LogP contribution >= 0.6 is 0 Å². The quantitative estimate of drug-likeness (QED) is 0.568. The van der Waals surface area contributed by atoms with E-state index in [-0.39, 0.29) is 5.75 Å². The number of hydrogen-bond acceptors (Lipinski definition) is 2. The van der Waals surface area contributed by atoms with Gasteiger partial charge in [0.1, 0.15) is 0 Å². The maximum absolute atomic E-state index is 12.3. The van der Waals surface area contributed by atoms with Gasteiger partial charge in [-0.05, 0) is 6.92 Å². The lowest BCUT2D eigenvalue weighted by Gasteiger charge is -1.95. The molecule has 0 spiro atoms. The van der Waals surface area contributed by atoms with Gasteiger partial charge in [0.25, 0.3) is 0 Å². The van der Waals surface area contributed by atoms with Gasteiger partial charge in [0.05, 0.1) is 6.20 Å². The molecule has 0 saturated heterocycles. The van der Waals surface area contributed by atoms with Crippen LogP contribution in [-0.4, -0.2) is 10.1 Å². The number of hydrogen-bond donors (Lipinski definition) is 1. The third kappa shape index (κ3) is 0.988. The zero-order valence-electron chi connectivity index (χ0n) is 4.93. The summed E-state index contributed by atoms with van der Waals surface area (Å²) < 4.78 is 12.3. The van der Waals surface area contributed by atoms with Gasteiger partial charge in [-0.15, -0.1) is 0 Å². The van der Waals surface area contributed by atoms with Gasteiger partial charge in [-0.2, -0.15) is 0 Å². The molecule has 0 aliphatic rings. The molecule has 0 aromatic carbocycles. The Hall–Kier alpha value is -1.12. The van der Waals surface area contributed by atoms with Crippen LogP contribution in [0.4, 0.5) is 4.39 Å². The molecule has 1 N–H and O–H groups in total. The normalized spacial score (nSPS) is 9.56. The van der Waals surface area contributed by atoms with Crippen molar-refractivity contribution in [2.75, 3.05) is 0 Å². The fourth-order valence-corrected chi connectivity index (χ4v) is 0.525. The van der Waals surface area contributed by atoms with Crippen LogP contribution in [-0.2, 0) is 0 Å². The monoisotopic (exact) mass is 127 g/mol. The SMILES string of the molecule is Cc1cncc(F)c1O. The van der Waals surface area contributed by atoms with E-state index in [2.05, 4.69) is 4.98 Å². The van der Waals surface area contributed by atoms with Gasteiger partial charge in [0.2, 0.25) is 0 Å². The summed E-state index contributed by atoms with van der Waals surface area (Å²) in [6.07, 6.45) is 2.38. The molecule has 1 aromatic rings. The number of pyridine rings is 1. The molecule has 0 amide bonds. The summed E-state index contributed by atoms with van der Waals surface area (Å²) in [5, 5.41) is 8.79. The van der Waals surface area contributed by atoms with Crippen molar-refractivity contribution < 1.29 is 9.50 Å². The molecule has 9 heavy (non-hydrogen) atoms. The summed E-state index contributed by atoms with van der Waals surface area (Å²) in [6, 6.07) is 0. The van der Waals surface area contributed by atoms with Crippen LogP contribution < -0.4 is 0 Å². The molecule has 0 aliphatic heterocycles. The molecule has 0 unspecified atom stereocenters. The van der Waals surface area contributed by atoms with Crippen molar-refractivity contribution in [3.05, 3.63) is 23.8 Å². The third-order valence-electron chi connectivity index (χ3n) is 1.06. The number of aromatic hydroxyl groups is 1.